The van der Waals surface area contributed by atoms with Crippen molar-refractivity contribution in [3.05, 3.63) is 0 Å². The van der Waals surface area contributed by atoms with Gasteiger partial charge in [0.05, 0.1) is 0 Å². The second kappa shape index (κ2) is 5.61. The first-order valence-corrected chi connectivity index (χ1v) is 5.71. The van der Waals surface area contributed by atoms with E-state index in [1.54, 1.807) is 0 Å². The molecule has 1 heterocycles. The van der Waals surface area contributed by atoms with Crippen LogP contribution in [-0.2, 0) is 0 Å². The Morgan fingerprint density at radius 3 is 2.69 bits per heavy atom. The molecular weight excluding hydrogens is 160 g/mol. The minimum atomic E-state index is 0.700. The lowest BCUT2D eigenvalue weighted by atomic mass is 10.1. The zero-order chi connectivity index (χ0) is 9.68. The minimum Gasteiger partial charge on any atom is -0.314 e. The normalized spacial score (nSPS) is 23.3. The molecule has 0 spiro atoms. The number of hydrogen-bond acceptors (Lipinski definition) is 2. The smallest absolute Gasteiger partial charge is 0.00797 e. The van der Waals surface area contributed by atoms with Gasteiger partial charge in [-0.05, 0) is 52.7 Å². The van der Waals surface area contributed by atoms with Gasteiger partial charge in [0.15, 0.2) is 0 Å². The summed E-state index contributed by atoms with van der Waals surface area (Å²) in [6.45, 7) is 10.5. The Morgan fingerprint density at radius 2 is 2.23 bits per heavy atom. The van der Waals surface area contributed by atoms with Crippen molar-refractivity contribution in [2.75, 3.05) is 19.6 Å². The summed E-state index contributed by atoms with van der Waals surface area (Å²) < 4.78 is 0. The van der Waals surface area contributed by atoms with Crippen molar-refractivity contribution in [3.63, 3.8) is 0 Å². The summed E-state index contributed by atoms with van der Waals surface area (Å²) in [4.78, 5) is 2.54. The molecule has 13 heavy (non-hydrogen) atoms. The van der Waals surface area contributed by atoms with Gasteiger partial charge in [-0.3, -0.25) is 0 Å². The molecule has 1 fully saturated rings. The first kappa shape index (κ1) is 11.0. The van der Waals surface area contributed by atoms with Crippen molar-refractivity contribution >= 4 is 0 Å². The van der Waals surface area contributed by atoms with Crippen LogP contribution >= 0.6 is 0 Å². The molecule has 0 aromatic carbocycles. The molecule has 0 aliphatic carbocycles. The van der Waals surface area contributed by atoms with E-state index in [-0.39, 0.29) is 0 Å². The van der Waals surface area contributed by atoms with Gasteiger partial charge in [-0.2, -0.15) is 0 Å². The summed E-state index contributed by atoms with van der Waals surface area (Å²) in [6, 6.07) is 1.50. The molecule has 1 unspecified atom stereocenters. The van der Waals surface area contributed by atoms with Gasteiger partial charge in [-0.15, -0.1) is 0 Å². The Bertz CT molecular complexity index is 128. The lowest BCUT2D eigenvalue weighted by molar-refractivity contribution is 0.222. The van der Waals surface area contributed by atoms with Gasteiger partial charge < -0.3 is 10.2 Å². The van der Waals surface area contributed by atoms with Gasteiger partial charge >= 0.3 is 0 Å². The fourth-order valence-corrected chi connectivity index (χ4v) is 2.11. The third kappa shape index (κ3) is 3.65. The van der Waals surface area contributed by atoms with Crippen LogP contribution in [0.1, 0.15) is 40.0 Å². The fourth-order valence-electron chi connectivity index (χ4n) is 2.11. The highest BCUT2D eigenvalue weighted by Gasteiger charge is 2.15. The monoisotopic (exact) mass is 184 g/mol. The van der Waals surface area contributed by atoms with Crippen molar-refractivity contribution in [2.45, 2.75) is 52.1 Å². The van der Waals surface area contributed by atoms with Gasteiger partial charge in [0.1, 0.15) is 0 Å². The lowest BCUT2D eigenvalue weighted by Gasteiger charge is -2.26. The maximum atomic E-state index is 3.55. The van der Waals surface area contributed by atoms with Gasteiger partial charge in [-0.25, -0.2) is 0 Å². The third-order valence-corrected chi connectivity index (χ3v) is 3.06. The van der Waals surface area contributed by atoms with Crippen LogP contribution in [0.25, 0.3) is 0 Å². The summed E-state index contributed by atoms with van der Waals surface area (Å²) in [5.41, 5.74) is 0. The summed E-state index contributed by atoms with van der Waals surface area (Å²) in [7, 11) is 0. The molecule has 0 amide bonds. The molecule has 78 valence electrons. The third-order valence-electron chi connectivity index (χ3n) is 3.06. The standard InChI is InChI=1S/C11H24N2/c1-4-13(10(2)3)9-7-11-6-5-8-12-11/h10-12H,4-9H2,1-3H3. The Morgan fingerprint density at radius 1 is 1.46 bits per heavy atom. The van der Waals surface area contributed by atoms with Crippen LogP contribution in [-0.4, -0.2) is 36.6 Å². The zero-order valence-corrected chi connectivity index (χ0v) is 9.34. The summed E-state index contributed by atoms with van der Waals surface area (Å²) in [5, 5.41) is 3.55. The van der Waals surface area contributed by atoms with Crippen LogP contribution < -0.4 is 5.32 Å². The maximum Gasteiger partial charge on any atom is 0.00797 e. The highest BCUT2D eigenvalue weighted by atomic mass is 15.1. The quantitative estimate of drug-likeness (QED) is 0.701. The van der Waals surface area contributed by atoms with Crippen LogP contribution in [0.5, 0.6) is 0 Å². The summed E-state index contributed by atoms with van der Waals surface area (Å²) in [6.07, 6.45) is 4.08. The van der Waals surface area contributed by atoms with E-state index in [2.05, 4.69) is 31.0 Å². The van der Waals surface area contributed by atoms with Crippen molar-refractivity contribution in [1.29, 1.82) is 0 Å². The van der Waals surface area contributed by atoms with Crippen molar-refractivity contribution in [2.24, 2.45) is 0 Å². The van der Waals surface area contributed by atoms with Gasteiger partial charge in [0, 0.05) is 12.1 Å². The average molecular weight is 184 g/mol. The first-order valence-electron chi connectivity index (χ1n) is 5.71. The predicted molar refractivity (Wildman–Crippen MR) is 58.0 cm³/mol. The molecule has 1 rings (SSSR count). The largest absolute Gasteiger partial charge is 0.314 e. The Hall–Kier alpha value is -0.0800. The van der Waals surface area contributed by atoms with E-state index >= 15 is 0 Å². The minimum absolute atomic E-state index is 0.700. The summed E-state index contributed by atoms with van der Waals surface area (Å²) >= 11 is 0. The molecule has 2 nitrogen and oxygen atoms in total. The van der Waals surface area contributed by atoms with E-state index < -0.39 is 0 Å². The molecule has 0 bridgehead atoms. The molecule has 1 atom stereocenters. The van der Waals surface area contributed by atoms with Crippen LogP contribution in [0.4, 0.5) is 0 Å². The van der Waals surface area contributed by atoms with Crippen molar-refractivity contribution in [3.8, 4) is 0 Å². The topological polar surface area (TPSA) is 15.3 Å². The molecule has 1 saturated heterocycles. The number of nitrogens with one attached hydrogen (secondary N) is 1. The van der Waals surface area contributed by atoms with E-state index in [0.29, 0.717) is 6.04 Å². The van der Waals surface area contributed by atoms with Crippen molar-refractivity contribution < 1.29 is 0 Å². The first-order chi connectivity index (χ1) is 6.24. The molecule has 0 aromatic heterocycles. The zero-order valence-electron chi connectivity index (χ0n) is 9.34. The van der Waals surface area contributed by atoms with Crippen LogP contribution in [0, 0.1) is 0 Å². The van der Waals surface area contributed by atoms with E-state index in [4.69, 9.17) is 0 Å². The molecule has 1 N–H and O–H groups in total. The Kier molecular flexibility index (Phi) is 4.74. The Labute approximate surface area is 82.7 Å². The molecule has 1 aliphatic rings. The van der Waals surface area contributed by atoms with Crippen LogP contribution in [0.2, 0.25) is 0 Å². The molecule has 0 radical (unpaired) electrons. The maximum absolute atomic E-state index is 3.55. The fraction of sp³-hybridized carbons (Fsp3) is 1.00. The highest BCUT2D eigenvalue weighted by molar-refractivity contribution is 4.75. The molecular formula is C11H24N2. The Balaban J connectivity index is 2.15. The second-order valence-electron chi connectivity index (χ2n) is 4.30. The molecule has 1 aliphatic heterocycles. The van der Waals surface area contributed by atoms with Crippen LogP contribution in [0.15, 0.2) is 0 Å². The molecule has 2 heteroatoms. The van der Waals surface area contributed by atoms with E-state index in [1.165, 1.54) is 38.9 Å². The molecule has 0 saturated carbocycles. The predicted octanol–water partition coefficient (Wildman–Crippen LogP) is 1.86. The number of rotatable bonds is 5. The van der Waals surface area contributed by atoms with Gasteiger partial charge in [0.25, 0.3) is 0 Å². The number of nitrogens with zero attached hydrogens (tertiary/aromatic N) is 1. The summed E-state index contributed by atoms with van der Waals surface area (Å²) in [5.74, 6) is 0. The van der Waals surface area contributed by atoms with Gasteiger partial charge in [-0.1, -0.05) is 6.92 Å². The average Bonchev–Trinajstić information content (AvgIpc) is 2.57. The van der Waals surface area contributed by atoms with Crippen LogP contribution in [0.3, 0.4) is 0 Å². The van der Waals surface area contributed by atoms with E-state index in [9.17, 15) is 0 Å². The van der Waals surface area contributed by atoms with Crippen molar-refractivity contribution in [1.82, 2.24) is 10.2 Å². The van der Waals surface area contributed by atoms with E-state index in [0.717, 1.165) is 6.04 Å². The van der Waals surface area contributed by atoms with E-state index in [1.807, 2.05) is 0 Å². The number of hydrogen-bond donors (Lipinski definition) is 1. The SMILES string of the molecule is CCN(CCC1CCCN1)C(C)C. The second-order valence-corrected chi connectivity index (χ2v) is 4.30. The van der Waals surface area contributed by atoms with Gasteiger partial charge in [0.2, 0.25) is 0 Å². The lowest BCUT2D eigenvalue weighted by Crippen LogP contribution is -2.35. The highest BCUT2D eigenvalue weighted by Crippen LogP contribution is 2.10. The molecule has 0 aromatic rings.